The Morgan fingerprint density at radius 3 is 2.64 bits per heavy atom. The van der Waals surface area contributed by atoms with E-state index in [1.165, 1.54) is 4.90 Å². The molecule has 0 heterocycles. The molecule has 0 aliphatic carbocycles. The Bertz CT molecular complexity index is 287. The minimum absolute atomic E-state index is 0.0395. The van der Waals surface area contributed by atoms with Crippen LogP contribution in [0, 0.1) is 5.92 Å². The minimum Gasteiger partial charge on any atom is -0.298 e. The summed E-state index contributed by atoms with van der Waals surface area (Å²) in [5.41, 5.74) is 0. The first kappa shape index (κ1) is 11.6. The minimum atomic E-state index is 0.0395. The number of benzene rings is 1. The van der Waals surface area contributed by atoms with E-state index in [0.29, 0.717) is 0 Å². The van der Waals surface area contributed by atoms with Crippen LogP contribution in [0.4, 0.5) is 0 Å². The van der Waals surface area contributed by atoms with Crippen LogP contribution in [-0.4, -0.2) is 17.4 Å². The molecule has 1 atom stereocenters. The summed E-state index contributed by atoms with van der Waals surface area (Å²) in [4.78, 5) is 12.4. The number of Topliss-reactive ketones (excluding diaryl/α,β-unsaturated/α-hetero) is 1. The molecule has 0 aromatic heterocycles. The third kappa shape index (κ3) is 3.72. The number of rotatable bonds is 5. The van der Waals surface area contributed by atoms with E-state index in [9.17, 15) is 4.79 Å². The first-order valence-corrected chi connectivity index (χ1v) is 6.02. The van der Waals surface area contributed by atoms with E-state index in [4.69, 9.17) is 11.6 Å². The maximum Gasteiger partial charge on any atom is 0.151 e. The predicted octanol–water partition coefficient (Wildman–Crippen LogP) is 3.22. The number of halogens is 1. The van der Waals surface area contributed by atoms with Crippen LogP contribution in [0.2, 0.25) is 0 Å². The Morgan fingerprint density at radius 1 is 1.43 bits per heavy atom. The summed E-state index contributed by atoms with van der Waals surface area (Å²) in [7, 11) is 0. The molecule has 1 unspecified atom stereocenters. The van der Waals surface area contributed by atoms with Crippen molar-refractivity contribution in [1.29, 1.82) is 0 Å². The number of ketones is 1. The van der Waals surface area contributed by atoms with Gasteiger partial charge in [-0.3, -0.25) is 4.79 Å². The fraction of sp³-hybridized carbons (Fsp3) is 0.364. The van der Waals surface area contributed by atoms with Gasteiger partial charge in [0.2, 0.25) is 0 Å². The first-order chi connectivity index (χ1) is 6.74. The molecule has 1 rings (SSSR count). The molecule has 0 radical (unpaired) electrons. The quantitative estimate of drug-likeness (QED) is 0.569. The van der Waals surface area contributed by atoms with Crippen LogP contribution in [0.25, 0.3) is 0 Å². The van der Waals surface area contributed by atoms with Gasteiger partial charge in [-0.05, 0) is 12.1 Å². The van der Waals surface area contributed by atoms with Gasteiger partial charge in [0.25, 0.3) is 0 Å². The molecule has 0 aliphatic rings. The average molecular weight is 229 g/mol. The molecule has 0 saturated heterocycles. The summed E-state index contributed by atoms with van der Waals surface area (Å²) in [5.74, 6) is 1.08. The molecule has 0 spiro atoms. The molecule has 0 aliphatic heterocycles. The maximum absolute atomic E-state index is 11.2. The van der Waals surface area contributed by atoms with Gasteiger partial charge in [-0.1, -0.05) is 25.1 Å². The van der Waals surface area contributed by atoms with E-state index in [-0.39, 0.29) is 17.6 Å². The summed E-state index contributed by atoms with van der Waals surface area (Å²) in [6.07, 6.45) is 0. The monoisotopic (exact) mass is 228 g/mol. The molecular formula is C11H13ClOS. The topological polar surface area (TPSA) is 17.1 Å². The second kappa shape index (κ2) is 6.10. The van der Waals surface area contributed by atoms with Crippen LogP contribution >= 0.6 is 23.4 Å². The molecule has 1 aromatic carbocycles. The Kier molecular flexibility index (Phi) is 5.05. The van der Waals surface area contributed by atoms with Crippen molar-refractivity contribution in [1.82, 2.24) is 0 Å². The molecule has 0 bridgehead atoms. The molecule has 0 saturated carbocycles. The van der Waals surface area contributed by atoms with E-state index < -0.39 is 0 Å². The summed E-state index contributed by atoms with van der Waals surface area (Å²) in [6.45, 7) is 1.92. The summed E-state index contributed by atoms with van der Waals surface area (Å²) in [5, 5.41) is 0. The van der Waals surface area contributed by atoms with Crippen molar-refractivity contribution in [2.24, 2.45) is 5.92 Å². The van der Waals surface area contributed by atoms with Crippen LogP contribution in [0.3, 0.4) is 0 Å². The van der Waals surface area contributed by atoms with Crippen LogP contribution in [0.1, 0.15) is 6.92 Å². The third-order valence-electron chi connectivity index (χ3n) is 1.92. The number of hydrogen-bond acceptors (Lipinski definition) is 2. The summed E-state index contributed by atoms with van der Waals surface area (Å²) in [6, 6.07) is 10.1. The van der Waals surface area contributed by atoms with E-state index in [1.54, 1.807) is 11.8 Å². The largest absolute Gasteiger partial charge is 0.298 e. The fourth-order valence-corrected chi connectivity index (χ4v) is 2.20. The second-order valence-corrected chi connectivity index (χ2v) is 4.49. The summed E-state index contributed by atoms with van der Waals surface area (Å²) >= 11 is 7.16. The van der Waals surface area contributed by atoms with Gasteiger partial charge in [0.05, 0.1) is 5.88 Å². The molecule has 1 aromatic rings. The zero-order valence-corrected chi connectivity index (χ0v) is 9.65. The van der Waals surface area contributed by atoms with Crippen LogP contribution < -0.4 is 0 Å². The van der Waals surface area contributed by atoms with Crippen molar-refractivity contribution in [3.8, 4) is 0 Å². The van der Waals surface area contributed by atoms with E-state index in [0.717, 1.165) is 5.75 Å². The smallest absolute Gasteiger partial charge is 0.151 e. The van der Waals surface area contributed by atoms with Gasteiger partial charge in [-0.15, -0.1) is 23.4 Å². The number of carbonyl (C=O) groups is 1. The highest BCUT2D eigenvalue weighted by Crippen LogP contribution is 2.20. The number of alkyl halides is 1. The SMILES string of the molecule is CC(CSc1ccccc1)C(=O)CCl. The van der Waals surface area contributed by atoms with Gasteiger partial charge < -0.3 is 0 Å². The van der Waals surface area contributed by atoms with Crippen LogP contribution in [-0.2, 0) is 4.79 Å². The Balaban J connectivity index is 2.38. The predicted molar refractivity (Wildman–Crippen MR) is 62.1 cm³/mol. The average Bonchev–Trinajstić information content (AvgIpc) is 2.26. The molecule has 1 nitrogen and oxygen atoms in total. The molecule has 3 heteroatoms. The van der Waals surface area contributed by atoms with Gasteiger partial charge in [-0.25, -0.2) is 0 Å². The molecule has 14 heavy (non-hydrogen) atoms. The molecule has 0 fully saturated rings. The fourth-order valence-electron chi connectivity index (χ4n) is 0.963. The van der Waals surface area contributed by atoms with E-state index >= 15 is 0 Å². The normalized spacial score (nSPS) is 12.4. The second-order valence-electron chi connectivity index (χ2n) is 3.13. The van der Waals surface area contributed by atoms with Crippen LogP contribution in [0.5, 0.6) is 0 Å². The maximum atomic E-state index is 11.2. The lowest BCUT2D eigenvalue weighted by Gasteiger charge is -2.07. The van der Waals surface area contributed by atoms with Gasteiger partial charge in [0.15, 0.2) is 5.78 Å². The molecular weight excluding hydrogens is 216 g/mol. The van der Waals surface area contributed by atoms with Gasteiger partial charge in [0, 0.05) is 16.6 Å². The van der Waals surface area contributed by atoms with Crippen molar-refractivity contribution in [2.45, 2.75) is 11.8 Å². The highest BCUT2D eigenvalue weighted by Gasteiger charge is 2.11. The van der Waals surface area contributed by atoms with Crippen molar-refractivity contribution in [3.05, 3.63) is 30.3 Å². The van der Waals surface area contributed by atoms with E-state index in [2.05, 4.69) is 0 Å². The lowest BCUT2D eigenvalue weighted by molar-refractivity contribution is -0.119. The Labute approximate surface area is 93.8 Å². The summed E-state index contributed by atoms with van der Waals surface area (Å²) < 4.78 is 0. The van der Waals surface area contributed by atoms with Gasteiger partial charge in [0.1, 0.15) is 0 Å². The molecule has 76 valence electrons. The zero-order chi connectivity index (χ0) is 10.4. The molecule has 0 N–H and O–H groups in total. The number of thioether (sulfide) groups is 1. The van der Waals surface area contributed by atoms with Crippen molar-refractivity contribution < 1.29 is 4.79 Å². The highest BCUT2D eigenvalue weighted by atomic mass is 35.5. The number of carbonyl (C=O) groups excluding carboxylic acids is 1. The van der Waals surface area contributed by atoms with Crippen LogP contribution in [0.15, 0.2) is 35.2 Å². The van der Waals surface area contributed by atoms with Gasteiger partial charge >= 0.3 is 0 Å². The van der Waals surface area contributed by atoms with Crippen molar-refractivity contribution in [2.75, 3.05) is 11.6 Å². The lowest BCUT2D eigenvalue weighted by Crippen LogP contribution is -2.14. The number of hydrogen-bond donors (Lipinski definition) is 0. The third-order valence-corrected chi connectivity index (χ3v) is 3.46. The van der Waals surface area contributed by atoms with Crippen molar-refractivity contribution in [3.63, 3.8) is 0 Å². The van der Waals surface area contributed by atoms with E-state index in [1.807, 2.05) is 37.3 Å². The first-order valence-electron chi connectivity index (χ1n) is 4.50. The Morgan fingerprint density at radius 2 is 2.07 bits per heavy atom. The Hall–Kier alpha value is -0.470. The standard InChI is InChI=1S/C11H13ClOS/c1-9(11(13)7-12)8-14-10-5-3-2-4-6-10/h2-6,9H,7-8H2,1H3. The lowest BCUT2D eigenvalue weighted by atomic mass is 10.1. The highest BCUT2D eigenvalue weighted by molar-refractivity contribution is 7.99. The molecule has 0 amide bonds. The van der Waals surface area contributed by atoms with Crippen molar-refractivity contribution >= 4 is 29.1 Å². The van der Waals surface area contributed by atoms with Gasteiger partial charge in [-0.2, -0.15) is 0 Å². The zero-order valence-electron chi connectivity index (χ0n) is 8.07.